The van der Waals surface area contributed by atoms with Crippen molar-refractivity contribution in [1.82, 2.24) is 0 Å². The van der Waals surface area contributed by atoms with Gasteiger partial charge >= 0.3 is 23.9 Å². The van der Waals surface area contributed by atoms with Gasteiger partial charge in [0.1, 0.15) is 5.75 Å². The molecule has 0 radical (unpaired) electrons. The summed E-state index contributed by atoms with van der Waals surface area (Å²) in [5, 5.41) is 0. The molecule has 10 nitrogen and oxygen atoms in total. The highest BCUT2D eigenvalue weighted by molar-refractivity contribution is 6.14. The molecule has 2 rings (SSSR count). The summed E-state index contributed by atoms with van der Waals surface area (Å²) in [6.45, 7) is 0. The third kappa shape index (κ3) is 3.86. The van der Waals surface area contributed by atoms with Crippen molar-refractivity contribution in [1.29, 1.82) is 0 Å². The number of hydrogen-bond acceptors (Lipinski definition) is 10. The quantitative estimate of drug-likeness (QED) is 0.479. The lowest BCUT2D eigenvalue weighted by molar-refractivity contribution is -0.145. The molecule has 0 amide bonds. The first-order chi connectivity index (χ1) is 13.9. The monoisotopic (exact) mass is 407 g/mol. The van der Waals surface area contributed by atoms with E-state index >= 15 is 0 Å². The molecule has 1 aliphatic rings. The van der Waals surface area contributed by atoms with Gasteiger partial charge in [-0.25, -0.2) is 19.2 Å². The van der Waals surface area contributed by atoms with Crippen molar-refractivity contribution in [2.75, 3.05) is 40.4 Å². The second kappa shape index (κ2) is 9.09. The van der Waals surface area contributed by atoms with Gasteiger partial charge in [0.05, 0.1) is 46.7 Å². The molecular weight excluding hydrogens is 386 g/mol. The molecule has 0 aliphatic carbocycles. The zero-order valence-electron chi connectivity index (χ0n) is 16.6. The van der Waals surface area contributed by atoms with Crippen LogP contribution in [0.4, 0.5) is 5.69 Å². The molecule has 2 unspecified atom stereocenters. The normalized spacial score (nSPS) is 18.2. The molecule has 156 valence electrons. The van der Waals surface area contributed by atoms with Crippen LogP contribution in [-0.2, 0) is 38.1 Å². The van der Waals surface area contributed by atoms with E-state index in [0.717, 1.165) is 28.4 Å². The fourth-order valence-corrected chi connectivity index (χ4v) is 3.12. The average Bonchev–Trinajstić information content (AvgIpc) is 3.12. The fraction of sp³-hybridized carbons (Fsp3) is 0.368. The molecule has 29 heavy (non-hydrogen) atoms. The number of rotatable bonds is 6. The summed E-state index contributed by atoms with van der Waals surface area (Å²) in [6.07, 6.45) is 0. The van der Waals surface area contributed by atoms with Crippen LogP contribution >= 0.6 is 0 Å². The maximum Gasteiger partial charge on any atom is 0.337 e. The molecule has 0 spiro atoms. The molecule has 1 aromatic carbocycles. The first kappa shape index (κ1) is 21.7. The Morgan fingerprint density at radius 3 is 1.41 bits per heavy atom. The molecule has 0 saturated carbocycles. The predicted octanol–water partition coefficient (Wildman–Crippen LogP) is 0.241. The maximum absolute atomic E-state index is 12.6. The Kier molecular flexibility index (Phi) is 6.81. The van der Waals surface area contributed by atoms with Crippen molar-refractivity contribution in [3.63, 3.8) is 0 Å². The topological polar surface area (TPSA) is 118 Å². The Hall–Kier alpha value is -3.56. The number of methoxy groups -OCH3 is 5. The van der Waals surface area contributed by atoms with Crippen LogP contribution < -0.4 is 9.64 Å². The van der Waals surface area contributed by atoms with E-state index in [1.165, 1.54) is 12.0 Å². The van der Waals surface area contributed by atoms with E-state index in [0.29, 0.717) is 11.4 Å². The minimum Gasteiger partial charge on any atom is -0.497 e. The number of carbonyl (C=O) groups is 4. The SMILES string of the molecule is COC(=O)C1=C(C(=O)OC)C(C(=O)OC)N(c2ccc(OC)cc2)C1C(=O)OC. The third-order valence-corrected chi connectivity index (χ3v) is 4.42. The lowest BCUT2D eigenvalue weighted by Crippen LogP contribution is -2.48. The van der Waals surface area contributed by atoms with Gasteiger partial charge in [-0.15, -0.1) is 0 Å². The molecule has 0 fully saturated rings. The van der Waals surface area contributed by atoms with Gasteiger partial charge in [-0.3, -0.25) is 0 Å². The molecule has 2 atom stereocenters. The first-order valence-electron chi connectivity index (χ1n) is 8.34. The van der Waals surface area contributed by atoms with E-state index in [1.807, 2.05) is 0 Å². The van der Waals surface area contributed by atoms with Crippen molar-refractivity contribution in [3.05, 3.63) is 35.4 Å². The van der Waals surface area contributed by atoms with Gasteiger partial charge in [0.25, 0.3) is 0 Å². The van der Waals surface area contributed by atoms with Gasteiger partial charge in [0.2, 0.25) is 0 Å². The first-order valence-corrected chi connectivity index (χ1v) is 8.34. The Morgan fingerprint density at radius 1 is 0.690 bits per heavy atom. The number of hydrogen-bond donors (Lipinski definition) is 0. The standard InChI is InChI=1S/C19H21NO9/c1-25-11-8-6-10(7-9-11)20-14(18(23)28-4)12(16(21)26-2)13(17(22)27-3)15(20)19(24)29-5/h6-9,14-15H,1-5H3. The van der Waals surface area contributed by atoms with Crippen LogP contribution in [0, 0.1) is 0 Å². The number of carbonyl (C=O) groups excluding carboxylic acids is 4. The molecule has 1 heterocycles. The summed E-state index contributed by atoms with van der Waals surface area (Å²) in [4.78, 5) is 51.5. The molecule has 1 aliphatic heterocycles. The highest BCUT2D eigenvalue weighted by Gasteiger charge is 2.54. The Labute approximate surface area is 166 Å². The van der Waals surface area contributed by atoms with Crippen molar-refractivity contribution in [2.45, 2.75) is 12.1 Å². The lowest BCUT2D eigenvalue weighted by atomic mass is 10.0. The van der Waals surface area contributed by atoms with E-state index in [1.54, 1.807) is 24.3 Å². The number of esters is 4. The Morgan fingerprint density at radius 2 is 1.10 bits per heavy atom. The summed E-state index contributed by atoms with van der Waals surface area (Å²) < 4.78 is 24.3. The van der Waals surface area contributed by atoms with Gasteiger partial charge in [0, 0.05) is 5.69 Å². The van der Waals surface area contributed by atoms with E-state index in [9.17, 15) is 19.2 Å². The zero-order valence-corrected chi connectivity index (χ0v) is 16.6. The molecule has 1 aromatic rings. The van der Waals surface area contributed by atoms with Gasteiger partial charge in [-0.2, -0.15) is 0 Å². The maximum atomic E-state index is 12.6. The number of anilines is 1. The largest absolute Gasteiger partial charge is 0.497 e. The van der Waals surface area contributed by atoms with Crippen molar-refractivity contribution in [2.24, 2.45) is 0 Å². The van der Waals surface area contributed by atoms with E-state index in [2.05, 4.69) is 0 Å². The summed E-state index contributed by atoms with van der Waals surface area (Å²) in [7, 11) is 5.88. The zero-order chi connectivity index (χ0) is 21.7. The second-order valence-electron chi connectivity index (χ2n) is 5.77. The molecular formula is C19H21NO9. The Balaban J connectivity index is 2.80. The summed E-state index contributed by atoms with van der Waals surface area (Å²) in [5.74, 6) is -3.20. The molecule has 0 saturated heterocycles. The van der Waals surface area contributed by atoms with Crippen LogP contribution in [0.5, 0.6) is 5.75 Å². The van der Waals surface area contributed by atoms with Crippen LogP contribution in [0.15, 0.2) is 35.4 Å². The average molecular weight is 407 g/mol. The van der Waals surface area contributed by atoms with Crippen LogP contribution in [0.2, 0.25) is 0 Å². The summed E-state index contributed by atoms with van der Waals surface area (Å²) in [5.41, 5.74) is -0.397. The minimum atomic E-state index is -1.45. The second-order valence-corrected chi connectivity index (χ2v) is 5.77. The van der Waals surface area contributed by atoms with Crippen molar-refractivity contribution in [3.8, 4) is 5.75 Å². The summed E-state index contributed by atoms with van der Waals surface area (Å²) in [6, 6.07) is 3.40. The molecule has 0 bridgehead atoms. The summed E-state index contributed by atoms with van der Waals surface area (Å²) >= 11 is 0. The highest BCUT2D eigenvalue weighted by atomic mass is 16.5. The molecule has 0 N–H and O–H groups in total. The number of nitrogens with zero attached hydrogens (tertiary/aromatic N) is 1. The highest BCUT2D eigenvalue weighted by Crippen LogP contribution is 2.38. The number of ether oxygens (including phenoxy) is 5. The van der Waals surface area contributed by atoms with Crippen LogP contribution in [0.25, 0.3) is 0 Å². The molecule has 0 aromatic heterocycles. The lowest BCUT2D eigenvalue weighted by Gasteiger charge is -2.31. The van der Waals surface area contributed by atoms with Crippen molar-refractivity contribution >= 4 is 29.6 Å². The minimum absolute atomic E-state index is 0.330. The Bertz CT molecular complexity index is 798. The smallest absolute Gasteiger partial charge is 0.337 e. The van der Waals surface area contributed by atoms with Gasteiger partial charge < -0.3 is 28.6 Å². The van der Waals surface area contributed by atoms with Gasteiger partial charge in [-0.1, -0.05) is 0 Å². The van der Waals surface area contributed by atoms with E-state index in [4.69, 9.17) is 23.7 Å². The van der Waals surface area contributed by atoms with Crippen LogP contribution in [0.3, 0.4) is 0 Å². The van der Waals surface area contributed by atoms with Crippen molar-refractivity contribution < 1.29 is 42.9 Å². The van der Waals surface area contributed by atoms with E-state index < -0.39 is 36.0 Å². The van der Waals surface area contributed by atoms with Gasteiger partial charge in [0.15, 0.2) is 12.1 Å². The molecule has 10 heteroatoms. The van der Waals surface area contributed by atoms with Crippen LogP contribution in [0.1, 0.15) is 0 Å². The third-order valence-electron chi connectivity index (χ3n) is 4.42. The fourth-order valence-electron chi connectivity index (χ4n) is 3.12. The van der Waals surface area contributed by atoms with E-state index in [-0.39, 0.29) is 11.1 Å². The number of benzene rings is 1. The van der Waals surface area contributed by atoms with Gasteiger partial charge in [-0.05, 0) is 24.3 Å². The predicted molar refractivity (Wildman–Crippen MR) is 98.1 cm³/mol. The van der Waals surface area contributed by atoms with Crippen LogP contribution in [-0.4, -0.2) is 71.5 Å².